The zero-order valence-electron chi connectivity index (χ0n) is 17.3. The van der Waals surface area contributed by atoms with Crippen LogP contribution >= 0.6 is 0 Å². The number of fused-ring (bicyclic) bond motifs is 1. The number of nitrogens with zero attached hydrogens (tertiary/aromatic N) is 4. The maximum absolute atomic E-state index is 13.3. The molecule has 11 heteroatoms. The smallest absolute Gasteiger partial charge is 0.375 e. The Hall–Kier alpha value is -3.73. The molecule has 1 unspecified atom stereocenters. The molecule has 0 aliphatic carbocycles. The van der Waals surface area contributed by atoms with Gasteiger partial charge in [0.2, 0.25) is 5.60 Å². The molecule has 0 bridgehead atoms. The molecule has 7 nitrogen and oxygen atoms in total. The van der Waals surface area contributed by atoms with E-state index in [1.807, 2.05) is 0 Å². The lowest BCUT2D eigenvalue weighted by Gasteiger charge is -2.26. The molecule has 1 aromatic carbocycles. The molecule has 1 amide bonds. The van der Waals surface area contributed by atoms with Crippen molar-refractivity contribution in [2.45, 2.75) is 31.7 Å². The molecule has 3 heterocycles. The van der Waals surface area contributed by atoms with Crippen LogP contribution in [0.4, 0.5) is 17.6 Å². The van der Waals surface area contributed by atoms with Crippen LogP contribution < -0.4 is 5.73 Å². The minimum absolute atomic E-state index is 0.0381. The number of nitrogens with two attached hydrogens (primary N) is 1. The zero-order chi connectivity index (χ0) is 24.0. The minimum Gasteiger partial charge on any atom is -0.375 e. The largest absolute Gasteiger partial charge is 0.423 e. The molecule has 3 aromatic heterocycles. The summed E-state index contributed by atoms with van der Waals surface area (Å²) in [6.07, 6.45) is -2.80. The summed E-state index contributed by atoms with van der Waals surface area (Å²) >= 11 is 0. The molecule has 1 atom stereocenters. The molecule has 33 heavy (non-hydrogen) atoms. The van der Waals surface area contributed by atoms with Gasteiger partial charge in [-0.05, 0) is 60.0 Å². The molecule has 0 saturated carbocycles. The Labute approximate surface area is 185 Å². The van der Waals surface area contributed by atoms with Gasteiger partial charge in [-0.2, -0.15) is 13.2 Å². The van der Waals surface area contributed by atoms with Crippen molar-refractivity contribution in [2.75, 3.05) is 0 Å². The van der Waals surface area contributed by atoms with Gasteiger partial charge in [0.15, 0.2) is 0 Å². The first-order valence-electron chi connectivity index (χ1n) is 9.93. The van der Waals surface area contributed by atoms with Gasteiger partial charge in [-0.15, -0.1) is 5.10 Å². The van der Waals surface area contributed by atoms with Crippen LogP contribution in [0.25, 0.3) is 16.8 Å². The van der Waals surface area contributed by atoms with Gasteiger partial charge in [-0.1, -0.05) is 12.1 Å². The first-order chi connectivity index (χ1) is 15.5. The second kappa shape index (κ2) is 8.00. The van der Waals surface area contributed by atoms with E-state index in [9.17, 15) is 27.5 Å². The van der Waals surface area contributed by atoms with E-state index in [-0.39, 0.29) is 12.1 Å². The average molecular weight is 461 g/mol. The number of carbonyl (C=O) groups excluding carboxylic acids is 1. The molecular formula is C22H19F4N5O2. The van der Waals surface area contributed by atoms with Crippen LogP contribution in [-0.4, -0.2) is 36.6 Å². The number of benzene rings is 1. The monoisotopic (exact) mass is 461 g/mol. The van der Waals surface area contributed by atoms with Crippen molar-refractivity contribution in [3.05, 3.63) is 77.5 Å². The lowest BCUT2D eigenvalue weighted by atomic mass is 9.96. The fourth-order valence-electron chi connectivity index (χ4n) is 3.66. The third-order valence-corrected chi connectivity index (χ3v) is 5.53. The van der Waals surface area contributed by atoms with E-state index >= 15 is 0 Å². The number of amides is 1. The molecule has 172 valence electrons. The molecule has 0 spiro atoms. The number of carbonyl (C=O) groups is 1. The molecule has 4 aromatic rings. The number of primary amides is 1. The number of pyridine rings is 1. The summed E-state index contributed by atoms with van der Waals surface area (Å²) in [5.41, 5.74) is 4.43. The van der Waals surface area contributed by atoms with Crippen LogP contribution in [0, 0.1) is 5.82 Å². The normalized spacial score (nSPS) is 13.9. The summed E-state index contributed by atoms with van der Waals surface area (Å²) in [5, 5.41) is 17.3. The highest BCUT2D eigenvalue weighted by Gasteiger charge is 2.55. The van der Waals surface area contributed by atoms with Crippen LogP contribution in [0.15, 0.2) is 54.9 Å². The topological polar surface area (TPSA) is 98.4 Å². The van der Waals surface area contributed by atoms with E-state index in [0.717, 1.165) is 6.20 Å². The summed E-state index contributed by atoms with van der Waals surface area (Å²) in [5.74, 6) is -1.07. The minimum atomic E-state index is -4.90. The Morgan fingerprint density at radius 3 is 2.45 bits per heavy atom. The van der Waals surface area contributed by atoms with E-state index in [4.69, 9.17) is 5.73 Å². The van der Waals surface area contributed by atoms with E-state index in [1.165, 1.54) is 23.7 Å². The second-order valence-corrected chi connectivity index (χ2v) is 7.62. The second-order valence-electron chi connectivity index (χ2n) is 7.62. The van der Waals surface area contributed by atoms with Crippen LogP contribution in [0.5, 0.6) is 0 Å². The lowest BCUT2D eigenvalue weighted by Crippen LogP contribution is -2.42. The highest BCUT2D eigenvalue weighted by atomic mass is 19.4. The number of alkyl halides is 3. The lowest BCUT2D eigenvalue weighted by molar-refractivity contribution is -0.269. The van der Waals surface area contributed by atoms with Gasteiger partial charge in [0.25, 0.3) is 5.91 Å². The number of aliphatic hydroxyl groups is 1. The van der Waals surface area contributed by atoms with Crippen molar-refractivity contribution >= 4 is 11.4 Å². The number of aromatic nitrogens is 4. The Morgan fingerprint density at radius 1 is 1.15 bits per heavy atom. The molecule has 3 N–H and O–H groups in total. The molecule has 4 rings (SSSR count). The van der Waals surface area contributed by atoms with Gasteiger partial charge in [0.1, 0.15) is 11.5 Å². The van der Waals surface area contributed by atoms with Gasteiger partial charge in [-0.3, -0.25) is 4.79 Å². The SMILES string of the molecule is CCC(O)(c1cn(Cc2ccn3c(-c4ccc(F)cc4)cc(C(N)=O)c3c2)nn1)C(F)(F)F. The Balaban J connectivity index is 1.71. The summed E-state index contributed by atoms with van der Waals surface area (Å²) in [6, 6.07) is 10.7. The van der Waals surface area contributed by atoms with E-state index in [2.05, 4.69) is 10.3 Å². The van der Waals surface area contributed by atoms with Crippen molar-refractivity contribution < 1.29 is 27.5 Å². The summed E-state index contributed by atoms with van der Waals surface area (Å²) in [6.45, 7) is 1.24. The third-order valence-electron chi connectivity index (χ3n) is 5.53. The molecular weight excluding hydrogens is 442 g/mol. The Morgan fingerprint density at radius 2 is 1.85 bits per heavy atom. The fraction of sp³-hybridized carbons (Fsp3) is 0.227. The highest BCUT2D eigenvalue weighted by Crippen LogP contribution is 2.40. The van der Waals surface area contributed by atoms with E-state index in [0.29, 0.717) is 22.3 Å². The number of hydrogen-bond acceptors (Lipinski definition) is 4. The summed E-state index contributed by atoms with van der Waals surface area (Å²) in [7, 11) is 0. The standard InChI is InChI=1S/C22H19F4N5O2/c1-2-21(33,22(24,25)26)19-12-30(29-28-19)11-13-7-8-31-17(14-3-5-15(23)6-4-14)10-16(20(27)32)18(31)9-13/h3-10,12,33H,2,11H2,1H3,(H2,27,32). The van der Waals surface area contributed by atoms with Crippen molar-refractivity contribution in [3.8, 4) is 11.3 Å². The van der Waals surface area contributed by atoms with Crippen molar-refractivity contribution in [3.63, 3.8) is 0 Å². The third kappa shape index (κ3) is 3.95. The van der Waals surface area contributed by atoms with E-state index < -0.39 is 35.6 Å². The van der Waals surface area contributed by atoms with Crippen molar-refractivity contribution in [2.24, 2.45) is 5.73 Å². The van der Waals surface area contributed by atoms with E-state index in [1.54, 1.807) is 40.9 Å². The highest BCUT2D eigenvalue weighted by molar-refractivity contribution is 6.02. The Kier molecular flexibility index (Phi) is 5.44. The molecule has 0 radical (unpaired) electrons. The van der Waals surface area contributed by atoms with Crippen LogP contribution in [0.3, 0.4) is 0 Å². The summed E-state index contributed by atoms with van der Waals surface area (Å²) in [4.78, 5) is 12.0. The molecule has 0 aliphatic rings. The van der Waals surface area contributed by atoms with Gasteiger partial charge in [0.05, 0.1) is 29.5 Å². The van der Waals surface area contributed by atoms with Gasteiger partial charge in [0, 0.05) is 6.20 Å². The van der Waals surface area contributed by atoms with Gasteiger partial charge in [-0.25, -0.2) is 9.07 Å². The van der Waals surface area contributed by atoms with Crippen molar-refractivity contribution in [1.29, 1.82) is 0 Å². The Bertz CT molecular complexity index is 1330. The number of rotatable bonds is 6. The van der Waals surface area contributed by atoms with Gasteiger partial charge >= 0.3 is 6.18 Å². The molecule has 0 aliphatic heterocycles. The van der Waals surface area contributed by atoms with Crippen molar-refractivity contribution in [1.82, 2.24) is 19.4 Å². The maximum atomic E-state index is 13.3. The van der Waals surface area contributed by atoms with Crippen LogP contribution in [-0.2, 0) is 12.1 Å². The quantitative estimate of drug-likeness (QED) is 0.429. The maximum Gasteiger partial charge on any atom is 0.423 e. The van der Waals surface area contributed by atoms with Crippen LogP contribution in [0.1, 0.15) is 35.0 Å². The predicted octanol–water partition coefficient (Wildman–Crippen LogP) is 3.64. The number of hydrogen-bond donors (Lipinski definition) is 2. The predicted molar refractivity (Wildman–Crippen MR) is 111 cm³/mol. The van der Waals surface area contributed by atoms with Crippen LogP contribution in [0.2, 0.25) is 0 Å². The summed E-state index contributed by atoms with van der Waals surface area (Å²) < 4.78 is 56.1. The van der Waals surface area contributed by atoms with Gasteiger partial charge < -0.3 is 15.2 Å². The average Bonchev–Trinajstić information content (AvgIpc) is 3.38. The molecule has 0 fully saturated rings. The molecule has 0 saturated heterocycles. The number of halogens is 4. The first kappa shape index (κ1) is 22.5. The fourth-order valence-corrected chi connectivity index (χ4v) is 3.66. The first-order valence-corrected chi connectivity index (χ1v) is 9.93. The zero-order valence-corrected chi connectivity index (χ0v) is 17.3.